The van der Waals surface area contributed by atoms with E-state index in [2.05, 4.69) is 17.4 Å². The van der Waals surface area contributed by atoms with Crippen LogP contribution in [0.25, 0.3) is 11.3 Å². The molecule has 0 saturated carbocycles. The number of halogens is 2. The van der Waals surface area contributed by atoms with E-state index in [0.717, 1.165) is 28.1 Å². The normalized spacial score (nSPS) is 11.1. The van der Waals surface area contributed by atoms with E-state index in [-0.39, 0.29) is 12.4 Å². The molecule has 0 aliphatic carbocycles. The Kier molecular flexibility index (Phi) is 8.24. The maximum absolute atomic E-state index is 6.39. The molecule has 3 rings (SSSR count). The van der Waals surface area contributed by atoms with Crippen molar-refractivity contribution in [1.82, 2.24) is 0 Å². The number of ether oxygens (including phenoxy) is 2. The van der Waals surface area contributed by atoms with Crippen LogP contribution in [0.15, 0.2) is 78.9 Å². The minimum absolute atomic E-state index is 0. The maximum Gasteiger partial charge on any atom is 0.161 e. The minimum atomic E-state index is 0. The third-order valence-electron chi connectivity index (χ3n) is 4.27. The third-order valence-corrected chi connectivity index (χ3v) is 4.54. The Morgan fingerprint density at radius 1 is 0.786 bits per heavy atom. The van der Waals surface area contributed by atoms with Crippen molar-refractivity contribution in [1.29, 1.82) is 0 Å². The fraction of sp³-hybridized carbons (Fsp3) is 0.130. The Morgan fingerprint density at radius 2 is 1.39 bits per heavy atom. The number of benzene rings is 3. The molecule has 0 saturated heterocycles. The number of hydrogen-bond acceptors (Lipinski definition) is 3. The number of alkyl halides is 1. The summed E-state index contributed by atoms with van der Waals surface area (Å²) in [5.74, 6) is 1.73. The molecule has 0 radical (unpaired) electrons. The van der Waals surface area contributed by atoms with E-state index < -0.39 is 0 Å². The van der Waals surface area contributed by atoms with Gasteiger partial charge in [0.05, 0.1) is 25.8 Å². The van der Waals surface area contributed by atoms with Crippen LogP contribution in [0.5, 0.6) is 11.5 Å². The lowest BCUT2D eigenvalue weighted by molar-refractivity contribution is 0.355. The predicted octanol–water partition coefficient (Wildman–Crippen LogP) is 6.34. The Bertz CT molecular complexity index is 912. The van der Waals surface area contributed by atoms with Gasteiger partial charge in [-0.15, -0.1) is 24.0 Å². The average molecular weight is 416 g/mol. The molecule has 0 heterocycles. The van der Waals surface area contributed by atoms with Crippen LogP contribution in [0.4, 0.5) is 5.69 Å². The van der Waals surface area contributed by atoms with Crippen LogP contribution >= 0.6 is 24.0 Å². The number of methoxy groups -OCH3 is 2. The van der Waals surface area contributed by atoms with E-state index in [0.29, 0.717) is 17.4 Å². The second-order valence-electron chi connectivity index (χ2n) is 5.91. The Balaban J connectivity index is 0.00000280. The number of anilines is 1. The molecule has 0 amide bonds. The first-order chi connectivity index (χ1) is 13.3. The highest BCUT2D eigenvalue weighted by atomic mass is 35.5. The molecule has 0 aliphatic rings. The molecule has 0 bridgehead atoms. The van der Waals surface area contributed by atoms with Gasteiger partial charge < -0.3 is 14.8 Å². The van der Waals surface area contributed by atoms with E-state index in [1.165, 1.54) is 0 Å². The summed E-state index contributed by atoms with van der Waals surface area (Å²) >= 11 is 6.39. The average Bonchev–Trinajstić information content (AvgIpc) is 2.74. The Morgan fingerprint density at radius 3 is 1.96 bits per heavy atom. The lowest BCUT2D eigenvalue weighted by Gasteiger charge is -2.18. The van der Waals surface area contributed by atoms with Crippen molar-refractivity contribution in [2.45, 2.75) is 0 Å². The number of nitrogens with one attached hydrogen (secondary N) is 1. The number of hydrogen-bond donors (Lipinski definition) is 1. The van der Waals surface area contributed by atoms with Gasteiger partial charge in [0.2, 0.25) is 0 Å². The number of allylic oxidation sites excluding steroid dienone is 1. The topological polar surface area (TPSA) is 30.5 Å². The lowest BCUT2D eigenvalue weighted by Crippen LogP contribution is -2.05. The van der Waals surface area contributed by atoms with Gasteiger partial charge in [-0.25, -0.2) is 0 Å². The van der Waals surface area contributed by atoms with E-state index in [1.54, 1.807) is 14.2 Å². The fourth-order valence-corrected chi connectivity index (χ4v) is 3.19. The molecule has 0 unspecified atom stereocenters. The molecule has 5 heteroatoms. The fourth-order valence-electron chi connectivity index (χ4n) is 2.91. The quantitative estimate of drug-likeness (QED) is 0.360. The zero-order valence-corrected chi connectivity index (χ0v) is 17.4. The molecular weight excluding hydrogens is 393 g/mol. The molecule has 3 aromatic carbocycles. The first kappa shape index (κ1) is 21.7. The largest absolute Gasteiger partial charge is 0.493 e. The number of rotatable bonds is 7. The highest BCUT2D eigenvalue weighted by molar-refractivity contribution is 6.25. The summed E-state index contributed by atoms with van der Waals surface area (Å²) in [6.45, 7) is 0. The minimum Gasteiger partial charge on any atom is -0.493 e. The predicted molar refractivity (Wildman–Crippen MR) is 121 cm³/mol. The van der Waals surface area contributed by atoms with Crippen LogP contribution in [0.3, 0.4) is 0 Å². The standard InChI is InChI=1S/C23H22ClNO2.ClH/c1-26-21-14-13-18(15-22(21)27-2)23(25-19-11-7-4-8-12-19)20(16-24)17-9-5-3-6-10-17;/h3-15,25H,16H2,1-2H3;1H/b23-20+;. The van der Waals surface area contributed by atoms with Gasteiger partial charge in [0.1, 0.15) is 0 Å². The molecule has 0 aromatic heterocycles. The zero-order valence-electron chi connectivity index (χ0n) is 15.8. The molecule has 146 valence electrons. The smallest absolute Gasteiger partial charge is 0.161 e. The number of para-hydroxylation sites is 1. The van der Waals surface area contributed by atoms with Crippen molar-refractivity contribution < 1.29 is 9.47 Å². The monoisotopic (exact) mass is 415 g/mol. The summed E-state index contributed by atoms with van der Waals surface area (Å²) in [7, 11) is 3.26. The van der Waals surface area contributed by atoms with Crippen molar-refractivity contribution in [3.63, 3.8) is 0 Å². The Labute approximate surface area is 177 Å². The van der Waals surface area contributed by atoms with Crippen LogP contribution in [-0.4, -0.2) is 20.1 Å². The van der Waals surface area contributed by atoms with Crippen LogP contribution < -0.4 is 14.8 Å². The van der Waals surface area contributed by atoms with Crippen molar-refractivity contribution in [2.75, 3.05) is 25.4 Å². The molecule has 3 nitrogen and oxygen atoms in total. The second kappa shape index (κ2) is 10.6. The highest BCUT2D eigenvalue weighted by Crippen LogP contribution is 2.34. The molecule has 28 heavy (non-hydrogen) atoms. The van der Waals surface area contributed by atoms with Gasteiger partial charge in [0, 0.05) is 11.3 Å². The maximum atomic E-state index is 6.39. The van der Waals surface area contributed by atoms with Crippen molar-refractivity contribution in [2.24, 2.45) is 0 Å². The summed E-state index contributed by atoms with van der Waals surface area (Å²) in [6, 6.07) is 26.0. The zero-order chi connectivity index (χ0) is 19.1. The van der Waals surface area contributed by atoms with E-state index in [9.17, 15) is 0 Å². The van der Waals surface area contributed by atoms with Gasteiger partial charge in [0.25, 0.3) is 0 Å². The summed E-state index contributed by atoms with van der Waals surface area (Å²) in [5.41, 5.74) is 4.97. The van der Waals surface area contributed by atoms with E-state index in [1.807, 2.05) is 66.7 Å². The first-order valence-corrected chi connectivity index (χ1v) is 9.19. The molecular formula is C23H23Cl2NO2. The van der Waals surface area contributed by atoms with Gasteiger partial charge in [0.15, 0.2) is 11.5 Å². The summed E-state index contributed by atoms with van der Waals surface area (Å²) < 4.78 is 10.9. The van der Waals surface area contributed by atoms with Gasteiger partial charge in [-0.1, -0.05) is 48.5 Å². The van der Waals surface area contributed by atoms with Crippen LogP contribution in [0, 0.1) is 0 Å². The molecule has 0 atom stereocenters. The van der Waals surface area contributed by atoms with Crippen molar-refractivity contribution >= 4 is 41.0 Å². The van der Waals surface area contributed by atoms with Gasteiger partial charge in [-0.05, 0) is 41.5 Å². The van der Waals surface area contributed by atoms with Gasteiger partial charge in [-0.3, -0.25) is 0 Å². The molecule has 1 N–H and O–H groups in total. The second-order valence-corrected chi connectivity index (χ2v) is 6.18. The summed E-state index contributed by atoms with van der Waals surface area (Å²) in [5, 5.41) is 3.53. The SMILES string of the molecule is COc1ccc(/C(Nc2ccccc2)=C(/CCl)c2ccccc2)cc1OC.Cl. The van der Waals surface area contributed by atoms with Gasteiger partial charge in [-0.2, -0.15) is 0 Å². The Hall–Kier alpha value is -2.62. The third kappa shape index (κ3) is 5.00. The lowest BCUT2D eigenvalue weighted by atomic mass is 10.00. The molecule has 0 fully saturated rings. The summed E-state index contributed by atoms with van der Waals surface area (Å²) in [6.07, 6.45) is 0. The van der Waals surface area contributed by atoms with Crippen LogP contribution in [0.1, 0.15) is 11.1 Å². The molecule has 3 aromatic rings. The first-order valence-electron chi connectivity index (χ1n) is 8.65. The van der Waals surface area contributed by atoms with Gasteiger partial charge >= 0.3 is 0 Å². The van der Waals surface area contributed by atoms with E-state index in [4.69, 9.17) is 21.1 Å². The van der Waals surface area contributed by atoms with Crippen molar-refractivity contribution in [3.8, 4) is 11.5 Å². The molecule has 0 aliphatic heterocycles. The molecule has 0 spiro atoms. The highest BCUT2D eigenvalue weighted by Gasteiger charge is 2.14. The van der Waals surface area contributed by atoms with Crippen LogP contribution in [0.2, 0.25) is 0 Å². The van der Waals surface area contributed by atoms with Crippen LogP contribution in [-0.2, 0) is 0 Å². The van der Waals surface area contributed by atoms with Crippen molar-refractivity contribution in [3.05, 3.63) is 90.0 Å². The summed E-state index contributed by atoms with van der Waals surface area (Å²) in [4.78, 5) is 0. The van der Waals surface area contributed by atoms with E-state index >= 15 is 0 Å².